The molecule has 3 rings (SSSR count). The Bertz CT molecular complexity index is 849. The monoisotopic (exact) mass is 352 g/mol. The third-order valence-corrected chi connectivity index (χ3v) is 4.73. The van der Waals surface area contributed by atoms with Crippen LogP contribution < -0.4 is 4.74 Å². The van der Waals surface area contributed by atoms with Gasteiger partial charge in [-0.2, -0.15) is 0 Å². The maximum atomic E-state index is 10.5. The number of ether oxygens (including phenoxy) is 1. The van der Waals surface area contributed by atoms with Crippen molar-refractivity contribution in [3.05, 3.63) is 59.4 Å². The number of aryl methyl sites for hydroxylation is 3. The highest BCUT2D eigenvalue weighted by atomic mass is 16.5. The van der Waals surface area contributed by atoms with Gasteiger partial charge in [-0.25, -0.2) is 4.98 Å². The number of hydrogen-bond donors (Lipinski definition) is 1. The normalized spacial score (nSPS) is 12.5. The van der Waals surface area contributed by atoms with E-state index in [-0.39, 0.29) is 0 Å². The number of hydrogen-bond acceptors (Lipinski definition) is 3. The summed E-state index contributed by atoms with van der Waals surface area (Å²) in [5, 5.41) is 10.5. The summed E-state index contributed by atoms with van der Waals surface area (Å²) in [5.41, 5.74) is 4.34. The van der Waals surface area contributed by atoms with Crippen molar-refractivity contribution in [2.24, 2.45) is 0 Å². The number of benzene rings is 2. The van der Waals surface area contributed by atoms with Gasteiger partial charge in [0.05, 0.1) is 17.6 Å². The molecule has 0 unspecified atom stereocenters. The lowest BCUT2D eigenvalue weighted by Crippen LogP contribution is -2.11. The van der Waals surface area contributed by atoms with Crippen LogP contribution in [0.15, 0.2) is 42.5 Å². The summed E-state index contributed by atoms with van der Waals surface area (Å²) < 4.78 is 8.17. The molecule has 3 aromatic rings. The number of aliphatic hydroxyl groups excluding tert-OH is 1. The van der Waals surface area contributed by atoms with Crippen LogP contribution >= 0.6 is 0 Å². The quantitative estimate of drug-likeness (QED) is 0.583. The van der Waals surface area contributed by atoms with Crippen molar-refractivity contribution in [1.29, 1.82) is 0 Å². The number of para-hydroxylation sites is 3. The van der Waals surface area contributed by atoms with Crippen molar-refractivity contribution < 1.29 is 9.84 Å². The lowest BCUT2D eigenvalue weighted by atomic mass is 10.1. The first-order valence-electron chi connectivity index (χ1n) is 9.44. The van der Waals surface area contributed by atoms with Gasteiger partial charge in [0.25, 0.3) is 0 Å². The molecule has 4 heteroatoms. The first-order valence-corrected chi connectivity index (χ1v) is 9.44. The van der Waals surface area contributed by atoms with Gasteiger partial charge in [-0.3, -0.25) is 0 Å². The Morgan fingerprint density at radius 1 is 1.08 bits per heavy atom. The topological polar surface area (TPSA) is 47.3 Å². The van der Waals surface area contributed by atoms with E-state index in [2.05, 4.69) is 54.6 Å². The van der Waals surface area contributed by atoms with Crippen molar-refractivity contribution in [2.45, 2.75) is 52.7 Å². The van der Waals surface area contributed by atoms with Gasteiger partial charge < -0.3 is 14.4 Å². The van der Waals surface area contributed by atoms with E-state index in [1.165, 1.54) is 0 Å². The van der Waals surface area contributed by atoms with Crippen LogP contribution in [0.3, 0.4) is 0 Å². The van der Waals surface area contributed by atoms with E-state index in [9.17, 15) is 5.11 Å². The van der Waals surface area contributed by atoms with Crippen LogP contribution in [0.5, 0.6) is 5.75 Å². The maximum absolute atomic E-state index is 10.5. The molecule has 1 heterocycles. The number of aliphatic hydroxyl groups is 1. The molecular formula is C22H28N2O2. The molecule has 0 spiro atoms. The molecule has 0 radical (unpaired) electrons. The smallest absolute Gasteiger partial charge is 0.138 e. The maximum Gasteiger partial charge on any atom is 0.138 e. The second-order valence-electron chi connectivity index (χ2n) is 6.84. The second kappa shape index (κ2) is 8.37. The van der Waals surface area contributed by atoms with Crippen molar-refractivity contribution in [3.63, 3.8) is 0 Å². The molecule has 0 amide bonds. The molecule has 0 aliphatic heterocycles. The Morgan fingerprint density at radius 3 is 2.54 bits per heavy atom. The van der Waals surface area contributed by atoms with Gasteiger partial charge in [0.15, 0.2) is 0 Å². The van der Waals surface area contributed by atoms with E-state index >= 15 is 0 Å². The van der Waals surface area contributed by atoms with E-state index in [1.54, 1.807) is 0 Å². The van der Waals surface area contributed by atoms with E-state index in [1.807, 2.05) is 18.2 Å². The second-order valence-corrected chi connectivity index (χ2v) is 6.84. The summed E-state index contributed by atoms with van der Waals surface area (Å²) in [5.74, 6) is 1.74. The molecule has 138 valence electrons. The molecule has 0 bridgehead atoms. The molecule has 0 aliphatic rings. The molecule has 26 heavy (non-hydrogen) atoms. The lowest BCUT2D eigenvalue weighted by Gasteiger charge is -2.15. The highest BCUT2D eigenvalue weighted by Crippen LogP contribution is 2.25. The van der Waals surface area contributed by atoms with Crippen LogP contribution in [0.4, 0.5) is 0 Å². The van der Waals surface area contributed by atoms with Crippen LogP contribution in [0, 0.1) is 13.8 Å². The largest absolute Gasteiger partial charge is 0.493 e. The van der Waals surface area contributed by atoms with Gasteiger partial charge >= 0.3 is 0 Å². The minimum atomic E-state index is -0.521. The zero-order valence-corrected chi connectivity index (χ0v) is 15.9. The number of aromatic nitrogens is 2. The minimum absolute atomic E-state index is 0.521. The van der Waals surface area contributed by atoms with Crippen molar-refractivity contribution in [3.8, 4) is 5.75 Å². The Kier molecular flexibility index (Phi) is 5.94. The van der Waals surface area contributed by atoms with Gasteiger partial charge in [0.2, 0.25) is 0 Å². The molecule has 4 nitrogen and oxygen atoms in total. The predicted molar refractivity (Wildman–Crippen MR) is 106 cm³/mol. The Labute approximate surface area is 155 Å². The molecule has 0 aliphatic carbocycles. The van der Waals surface area contributed by atoms with E-state index in [0.29, 0.717) is 6.61 Å². The summed E-state index contributed by atoms with van der Waals surface area (Å²) in [6.45, 7) is 7.65. The Morgan fingerprint density at radius 2 is 1.81 bits per heavy atom. The Balaban J connectivity index is 1.73. The molecule has 1 aromatic heterocycles. The zero-order valence-electron chi connectivity index (χ0n) is 15.9. The van der Waals surface area contributed by atoms with Crippen LogP contribution in [0.1, 0.15) is 49.2 Å². The van der Waals surface area contributed by atoms with Crippen molar-refractivity contribution in [1.82, 2.24) is 9.55 Å². The molecule has 1 atom stereocenters. The number of nitrogens with zero attached hydrogens (tertiary/aromatic N) is 2. The number of fused-ring (bicyclic) bond motifs is 1. The SMILES string of the molecule is CCC[C@H](O)c1nc2ccccc2n1CCCOc1c(C)cccc1C. The molecule has 0 saturated heterocycles. The van der Waals surface area contributed by atoms with Crippen LogP contribution in [-0.2, 0) is 6.54 Å². The average molecular weight is 352 g/mol. The molecular weight excluding hydrogens is 324 g/mol. The average Bonchev–Trinajstić information content (AvgIpc) is 3.00. The summed E-state index contributed by atoms with van der Waals surface area (Å²) in [6.07, 6.45) is 1.99. The van der Waals surface area contributed by atoms with Crippen LogP contribution in [0.25, 0.3) is 11.0 Å². The third kappa shape index (κ3) is 3.91. The minimum Gasteiger partial charge on any atom is -0.493 e. The van der Waals surface area contributed by atoms with Gasteiger partial charge in [0, 0.05) is 6.54 Å². The molecule has 1 N–H and O–H groups in total. The van der Waals surface area contributed by atoms with Crippen molar-refractivity contribution in [2.75, 3.05) is 6.61 Å². The highest BCUT2D eigenvalue weighted by Gasteiger charge is 2.17. The lowest BCUT2D eigenvalue weighted by molar-refractivity contribution is 0.152. The standard InChI is InChI=1S/C22H28N2O2/c1-4-9-20(25)22-23-18-12-5-6-13-19(18)24(22)14-8-15-26-21-16(2)10-7-11-17(21)3/h5-7,10-13,20,25H,4,8-9,14-15H2,1-3H3/t20-/m0/s1. The van der Waals surface area contributed by atoms with Gasteiger partial charge in [-0.1, -0.05) is 43.7 Å². The zero-order chi connectivity index (χ0) is 18.5. The summed E-state index contributed by atoms with van der Waals surface area (Å²) in [7, 11) is 0. The van der Waals surface area contributed by atoms with Gasteiger partial charge in [-0.05, 0) is 49.9 Å². The predicted octanol–water partition coefficient (Wildman–Crippen LogP) is 4.96. The van der Waals surface area contributed by atoms with E-state index in [4.69, 9.17) is 4.74 Å². The van der Waals surface area contributed by atoms with E-state index < -0.39 is 6.10 Å². The van der Waals surface area contributed by atoms with Crippen LogP contribution in [-0.4, -0.2) is 21.3 Å². The fraction of sp³-hybridized carbons (Fsp3) is 0.409. The molecule has 0 saturated carbocycles. The summed E-state index contributed by atoms with van der Waals surface area (Å²) in [6, 6.07) is 14.3. The van der Waals surface area contributed by atoms with E-state index in [0.717, 1.165) is 59.5 Å². The molecule has 0 fully saturated rings. The summed E-state index contributed by atoms with van der Waals surface area (Å²) in [4.78, 5) is 4.67. The van der Waals surface area contributed by atoms with Gasteiger partial charge in [0.1, 0.15) is 17.7 Å². The fourth-order valence-corrected chi connectivity index (χ4v) is 3.41. The highest BCUT2D eigenvalue weighted by molar-refractivity contribution is 5.76. The third-order valence-electron chi connectivity index (χ3n) is 4.73. The van der Waals surface area contributed by atoms with Gasteiger partial charge in [-0.15, -0.1) is 0 Å². The first-order chi connectivity index (χ1) is 12.6. The fourth-order valence-electron chi connectivity index (χ4n) is 3.41. The van der Waals surface area contributed by atoms with Crippen LogP contribution in [0.2, 0.25) is 0 Å². The summed E-state index contributed by atoms with van der Waals surface area (Å²) >= 11 is 0. The number of rotatable bonds is 8. The molecule has 2 aromatic carbocycles. The Hall–Kier alpha value is -2.33. The first kappa shape index (κ1) is 18.5. The van der Waals surface area contributed by atoms with Crippen molar-refractivity contribution >= 4 is 11.0 Å². The number of imidazole rings is 1.